The predicted molar refractivity (Wildman–Crippen MR) is 190 cm³/mol. The van der Waals surface area contributed by atoms with E-state index in [0.717, 1.165) is 28.6 Å². The van der Waals surface area contributed by atoms with Crippen molar-refractivity contribution in [2.45, 2.75) is 53.4 Å². The molecule has 4 aromatic carbocycles. The summed E-state index contributed by atoms with van der Waals surface area (Å²) in [4.78, 5) is 11.2. The van der Waals surface area contributed by atoms with Crippen molar-refractivity contribution in [1.29, 1.82) is 0 Å². The molecular formula is C40H39BIrN4O-2. The Balaban J connectivity index is 0.000000181. The van der Waals surface area contributed by atoms with E-state index in [1.165, 1.54) is 33.4 Å². The van der Waals surface area contributed by atoms with Crippen LogP contribution in [0.4, 0.5) is 11.5 Å². The minimum Gasteiger partial charge on any atom is -0.599 e. The van der Waals surface area contributed by atoms with Crippen LogP contribution in [0.3, 0.4) is 0 Å². The Bertz CT molecular complexity index is 1880. The Kier molecular flexibility index (Phi) is 10.8. The molecule has 0 amide bonds. The van der Waals surface area contributed by atoms with Crippen LogP contribution >= 0.6 is 0 Å². The van der Waals surface area contributed by atoms with Gasteiger partial charge in [-0.15, -0.1) is 42.0 Å². The van der Waals surface area contributed by atoms with E-state index in [4.69, 9.17) is 4.65 Å². The van der Waals surface area contributed by atoms with Gasteiger partial charge in [-0.3, -0.25) is 4.98 Å². The summed E-state index contributed by atoms with van der Waals surface area (Å²) < 4.78 is 8.50. The second-order valence-electron chi connectivity index (χ2n) is 12.2. The second-order valence-corrected chi connectivity index (χ2v) is 12.2. The molecule has 0 saturated heterocycles. The van der Waals surface area contributed by atoms with Gasteiger partial charge in [-0.05, 0) is 60.1 Å². The van der Waals surface area contributed by atoms with Crippen molar-refractivity contribution in [3.8, 4) is 22.8 Å². The first-order chi connectivity index (χ1) is 22.3. The maximum Gasteiger partial charge on any atom is 0.511 e. The number of fused-ring (bicyclic) bond motifs is 1. The molecule has 0 fully saturated rings. The van der Waals surface area contributed by atoms with Crippen molar-refractivity contribution in [1.82, 2.24) is 14.5 Å². The van der Waals surface area contributed by atoms with E-state index < -0.39 is 0 Å². The van der Waals surface area contributed by atoms with Crippen LogP contribution in [0.1, 0.15) is 61.8 Å². The third-order valence-electron chi connectivity index (χ3n) is 8.37. The van der Waals surface area contributed by atoms with Crippen LogP contribution in [0.15, 0.2) is 116 Å². The monoisotopic (exact) mass is 795 g/mol. The fourth-order valence-electron chi connectivity index (χ4n) is 6.13. The SMILES string of the molecule is CC(C)c1cccc(C(C)C)c1-n1ccnc1-c1[c-]cccc1.Cc1cccc(C)c1B1Oc2ccc[c-]c2N1c1ccccn1.[Ir]. The molecule has 0 N–H and O–H groups in total. The molecule has 0 aliphatic carbocycles. The molecule has 1 aliphatic heterocycles. The zero-order valence-electron chi connectivity index (χ0n) is 27.7. The number of hydrogen-bond acceptors (Lipinski definition) is 4. The van der Waals surface area contributed by atoms with Crippen molar-refractivity contribution in [2.24, 2.45) is 0 Å². The zero-order chi connectivity index (χ0) is 32.2. The van der Waals surface area contributed by atoms with Crippen molar-refractivity contribution in [2.75, 3.05) is 4.81 Å². The van der Waals surface area contributed by atoms with E-state index in [2.05, 4.69) is 122 Å². The largest absolute Gasteiger partial charge is 0.599 e. The maximum absolute atomic E-state index is 6.28. The Hall–Kier alpha value is -4.45. The Morgan fingerprint density at radius 3 is 2.02 bits per heavy atom. The fraction of sp³-hybridized carbons (Fsp3) is 0.200. The summed E-state index contributed by atoms with van der Waals surface area (Å²) in [5.41, 5.74) is 9.53. The van der Waals surface area contributed by atoms with Gasteiger partial charge >= 0.3 is 7.05 Å². The number of aromatic nitrogens is 3. The molecule has 6 aromatic rings. The van der Waals surface area contributed by atoms with Crippen molar-refractivity contribution in [3.05, 3.63) is 150 Å². The summed E-state index contributed by atoms with van der Waals surface area (Å²) in [5.74, 6) is 3.56. The summed E-state index contributed by atoms with van der Waals surface area (Å²) in [6, 6.07) is 39.3. The first-order valence-corrected chi connectivity index (χ1v) is 15.9. The van der Waals surface area contributed by atoms with E-state index in [1.54, 1.807) is 6.20 Å². The molecule has 0 bridgehead atoms. The normalized spacial score (nSPS) is 11.9. The Morgan fingerprint density at radius 1 is 0.702 bits per heavy atom. The molecule has 7 heteroatoms. The van der Waals surface area contributed by atoms with Gasteiger partial charge in [0.25, 0.3) is 0 Å². The zero-order valence-corrected chi connectivity index (χ0v) is 30.1. The molecule has 47 heavy (non-hydrogen) atoms. The number of aryl methyl sites for hydroxylation is 2. The number of imidazole rings is 1. The third kappa shape index (κ3) is 6.97. The summed E-state index contributed by atoms with van der Waals surface area (Å²) >= 11 is 0. The maximum atomic E-state index is 6.28. The standard InChI is InChI=1S/C21H23N2.C19H16BN2O.Ir/c1-15(2)18-11-8-12-19(16(3)4)20(18)23-14-13-22-21(23)17-9-6-5-7-10-17;1-14-8-7-9-15(2)19(14)20-22(18-12-5-6-13-21-18)16-10-3-4-11-17(16)23-20;/h5-9,11-16H,1-4H3;3-9,11-13H,1-2H3;/q2*-1;. The molecule has 1 aliphatic rings. The number of benzene rings is 4. The number of rotatable bonds is 6. The molecule has 5 nitrogen and oxygen atoms in total. The first-order valence-electron chi connectivity index (χ1n) is 15.9. The summed E-state index contributed by atoms with van der Waals surface area (Å²) in [6.07, 6.45) is 5.73. The van der Waals surface area contributed by atoms with Gasteiger partial charge < -0.3 is 14.0 Å². The topological polar surface area (TPSA) is 43.2 Å². The van der Waals surface area contributed by atoms with Gasteiger partial charge in [-0.25, -0.2) is 4.98 Å². The molecule has 2 aromatic heterocycles. The van der Waals surface area contributed by atoms with E-state index in [9.17, 15) is 0 Å². The number of pyridine rings is 1. The van der Waals surface area contributed by atoms with Crippen molar-refractivity contribution in [3.63, 3.8) is 0 Å². The van der Waals surface area contributed by atoms with Gasteiger partial charge in [0, 0.05) is 50.1 Å². The minimum absolute atomic E-state index is 0. The van der Waals surface area contributed by atoms with E-state index in [0.29, 0.717) is 11.8 Å². The average Bonchev–Trinajstić information content (AvgIpc) is 3.71. The molecule has 0 spiro atoms. The van der Waals surface area contributed by atoms with Gasteiger partial charge in [-0.2, -0.15) is 18.2 Å². The van der Waals surface area contributed by atoms with Gasteiger partial charge in [0.1, 0.15) is 5.82 Å². The van der Waals surface area contributed by atoms with Crippen LogP contribution in [0, 0.1) is 26.0 Å². The van der Waals surface area contributed by atoms with E-state index in [-0.39, 0.29) is 27.2 Å². The summed E-state index contributed by atoms with van der Waals surface area (Å²) in [5, 5.41) is 0. The quantitative estimate of drug-likeness (QED) is 0.125. The molecular weight excluding hydrogens is 755 g/mol. The van der Waals surface area contributed by atoms with Crippen LogP contribution in [-0.2, 0) is 20.1 Å². The molecule has 0 unspecified atom stereocenters. The number of para-hydroxylation sites is 2. The van der Waals surface area contributed by atoms with Crippen LogP contribution in [-0.4, -0.2) is 21.6 Å². The van der Waals surface area contributed by atoms with Crippen LogP contribution in [0.2, 0.25) is 0 Å². The number of anilines is 2. The number of nitrogens with zero attached hydrogens (tertiary/aromatic N) is 4. The van der Waals surface area contributed by atoms with E-state index >= 15 is 0 Å². The Morgan fingerprint density at radius 2 is 1.38 bits per heavy atom. The van der Waals surface area contributed by atoms with Crippen molar-refractivity contribution < 1.29 is 24.8 Å². The second kappa shape index (κ2) is 15.0. The van der Waals surface area contributed by atoms with Gasteiger partial charge in [0.05, 0.1) is 5.82 Å². The van der Waals surface area contributed by atoms with Crippen LogP contribution in [0.5, 0.6) is 5.75 Å². The minimum atomic E-state index is -0.222. The summed E-state index contributed by atoms with van der Waals surface area (Å²) in [6.45, 7) is 13.2. The van der Waals surface area contributed by atoms with Gasteiger partial charge in [0.15, 0.2) is 0 Å². The fourth-order valence-corrected chi connectivity index (χ4v) is 6.13. The molecule has 3 heterocycles. The van der Waals surface area contributed by atoms with Gasteiger partial charge in [-0.1, -0.05) is 81.3 Å². The third-order valence-corrected chi connectivity index (χ3v) is 8.37. The molecule has 7 rings (SSSR count). The van der Waals surface area contributed by atoms with Crippen LogP contribution < -0.4 is 14.9 Å². The van der Waals surface area contributed by atoms with Gasteiger partial charge in [0.2, 0.25) is 0 Å². The average molecular weight is 795 g/mol. The first kappa shape index (κ1) is 33.9. The molecule has 0 atom stereocenters. The molecule has 0 saturated carbocycles. The smallest absolute Gasteiger partial charge is 0.511 e. The van der Waals surface area contributed by atoms with E-state index in [1.807, 2.05) is 60.8 Å². The van der Waals surface area contributed by atoms with Crippen LogP contribution in [0.25, 0.3) is 17.1 Å². The molecule has 1 radical (unpaired) electrons. The number of hydrogen-bond donors (Lipinski definition) is 0. The summed E-state index contributed by atoms with van der Waals surface area (Å²) in [7, 11) is -0.222. The molecule has 239 valence electrons. The predicted octanol–water partition coefficient (Wildman–Crippen LogP) is 9.01. The Labute approximate surface area is 293 Å². The van der Waals surface area contributed by atoms with Crippen molar-refractivity contribution >= 4 is 24.0 Å².